The molecule has 1 saturated carbocycles. The van der Waals surface area contributed by atoms with E-state index in [4.69, 9.17) is 0 Å². The van der Waals surface area contributed by atoms with Gasteiger partial charge in [0.25, 0.3) is 0 Å². The summed E-state index contributed by atoms with van der Waals surface area (Å²) < 4.78 is 13.6. The van der Waals surface area contributed by atoms with Crippen LogP contribution in [0.1, 0.15) is 54.8 Å². The Morgan fingerprint density at radius 1 is 0.967 bits per heavy atom. The Labute approximate surface area is 177 Å². The van der Waals surface area contributed by atoms with Gasteiger partial charge in [0, 0.05) is 13.1 Å². The number of hydrogen-bond acceptors (Lipinski definition) is 2. The minimum atomic E-state index is -0.231. The molecule has 3 fully saturated rings. The maximum Gasteiger partial charge on any atom is 0.229 e. The molecule has 2 bridgehead atoms. The molecule has 1 aliphatic carbocycles. The van der Waals surface area contributed by atoms with Crippen molar-refractivity contribution in [2.75, 3.05) is 26.2 Å². The molecule has 3 heterocycles. The Morgan fingerprint density at radius 3 is 2.37 bits per heavy atom. The van der Waals surface area contributed by atoms with E-state index >= 15 is 0 Å². The van der Waals surface area contributed by atoms with Gasteiger partial charge >= 0.3 is 0 Å². The first kappa shape index (κ1) is 18.6. The van der Waals surface area contributed by atoms with Gasteiger partial charge in [-0.3, -0.25) is 4.79 Å². The van der Waals surface area contributed by atoms with Crippen molar-refractivity contribution in [1.82, 2.24) is 9.80 Å². The van der Waals surface area contributed by atoms with Gasteiger partial charge in [0.2, 0.25) is 5.91 Å². The highest BCUT2D eigenvalue weighted by atomic mass is 19.1. The molecule has 3 nitrogen and oxygen atoms in total. The van der Waals surface area contributed by atoms with Crippen LogP contribution in [0.3, 0.4) is 0 Å². The fraction of sp³-hybridized carbons (Fsp3) is 0.500. The Balaban J connectivity index is 1.34. The van der Waals surface area contributed by atoms with Crippen molar-refractivity contribution >= 4 is 5.91 Å². The zero-order valence-electron chi connectivity index (χ0n) is 17.4. The average Bonchev–Trinajstić information content (AvgIpc) is 3.28. The predicted molar refractivity (Wildman–Crippen MR) is 114 cm³/mol. The summed E-state index contributed by atoms with van der Waals surface area (Å²) in [6.45, 7) is 4.35. The molecule has 156 valence electrons. The monoisotopic (exact) mass is 404 g/mol. The van der Waals surface area contributed by atoms with E-state index in [0.717, 1.165) is 37.8 Å². The van der Waals surface area contributed by atoms with E-state index in [1.165, 1.54) is 55.7 Å². The fourth-order valence-electron chi connectivity index (χ4n) is 6.48. The lowest BCUT2D eigenvalue weighted by Gasteiger charge is -2.41. The fourth-order valence-corrected chi connectivity index (χ4v) is 6.48. The predicted octanol–water partition coefficient (Wildman–Crippen LogP) is 4.57. The third-order valence-electron chi connectivity index (χ3n) is 8.23. The van der Waals surface area contributed by atoms with Crippen LogP contribution in [-0.2, 0) is 11.2 Å². The second-order valence-electron chi connectivity index (χ2n) is 10.1. The molecular formula is C26H29FN2O. The van der Waals surface area contributed by atoms with Gasteiger partial charge in [-0.25, -0.2) is 4.39 Å². The van der Waals surface area contributed by atoms with Gasteiger partial charge in [0.1, 0.15) is 5.82 Å². The largest absolute Gasteiger partial charge is 0.331 e. The zero-order valence-corrected chi connectivity index (χ0v) is 17.4. The number of rotatable bonds is 4. The van der Waals surface area contributed by atoms with Crippen molar-refractivity contribution in [1.29, 1.82) is 0 Å². The van der Waals surface area contributed by atoms with E-state index in [2.05, 4.69) is 34.1 Å². The van der Waals surface area contributed by atoms with Crippen molar-refractivity contribution in [2.24, 2.45) is 10.8 Å². The molecule has 0 unspecified atom stereocenters. The molecule has 2 aromatic rings. The summed E-state index contributed by atoms with van der Waals surface area (Å²) in [5.74, 6) is 0.108. The SMILES string of the molecule is O=C(N1CCc2ccccc2[C@@H]1c1ccc(F)cc1)C1(CC23CCN(CC2)C3)CC1. The van der Waals surface area contributed by atoms with Crippen LogP contribution in [0.4, 0.5) is 4.39 Å². The van der Waals surface area contributed by atoms with Crippen molar-refractivity contribution in [2.45, 2.75) is 44.6 Å². The summed E-state index contributed by atoms with van der Waals surface area (Å²) in [5.41, 5.74) is 3.72. The molecule has 2 saturated heterocycles. The van der Waals surface area contributed by atoms with Crippen LogP contribution >= 0.6 is 0 Å². The maximum absolute atomic E-state index is 14.0. The molecule has 6 rings (SSSR count). The quantitative estimate of drug-likeness (QED) is 0.746. The topological polar surface area (TPSA) is 23.6 Å². The lowest BCUT2D eigenvalue weighted by Crippen LogP contribution is -2.45. The highest BCUT2D eigenvalue weighted by Gasteiger charge is 2.59. The normalized spacial score (nSPS) is 30.9. The van der Waals surface area contributed by atoms with E-state index in [-0.39, 0.29) is 17.3 Å². The molecule has 1 atom stereocenters. The van der Waals surface area contributed by atoms with Crippen LogP contribution < -0.4 is 0 Å². The first-order valence-corrected chi connectivity index (χ1v) is 11.4. The summed E-state index contributed by atoms with van der Waals surface area (Å²) in [6.07, 6.45) is 6.53. The Bertz CT molecular complexity index is 973. The van der Waals surface area contributed by atoms with E-state index < -0.39 is 0 Å². The number of piperidine rings is 1. The number of nitrogens with zero attached hydrogens (tertiary/aromatic N) is 2. The molecule has 30 heavy (non-hydrogen) atoms. The maximum atomic E-state index is 14.0. The molecule has 0 spiro atoms. The summed E-state index contributed by atoms with van der Waals surface area (Å²) in [7, 11) is 0. The second-order valence-corrected chi connectivity index (χ2v) is 10.1. The highest BCUT2D eigenvalue weighted by Crippen LogP contribution is 2.59. The van der Waals surface area contributed by atoms with Crippen LogP contribution in [0.15, 0.2) is 48.5 Å². The van der Waals surface area contributed by atoms with Gasteiger partial charge in [-0.2, -0.15) is 0 Å². The summed E-state index contributed by atoms with van der Waals surface area (Å²) >= 11 is 0. The van der Waals surface area contributed by atoms with Gasteiger partial charge in [0.15, 0.2) is 0 Å². The van der Waals surface area contributed by atoms with Crippen molar-refractivity contribution < 1.29 is 9.18 Å². The van der Waals surface area contributed by atoms with Crippen LogP contribution in [0.25, 0.3) is 0 Å². The Hall–Kier alpha value is -2.20. The Morgan fingerprint density at radius 2 is 1.70 bits per heavy atom. The number of hydrogen-bond donors (Lipinski definition) is 0. The smallest absolute Gasteiger partial charge is 0.229 e. The second kappa shape index (κ2) is 6.65. The number of fused-ring (bicyclic) bond motifs is 3. The molecule has 3 aliphatic heterocycles. The summed E-state index contributed by atoms with van der Waals surface area (Å²) in [5, 5.41) is 0. The summed E-state index contributed by atoms with van der Waals surface area (Å²) in [4.78, 5) is 18.7. The van der Waals surface area contributed by atoms with Gasteiger partial charge in [-0.1, -0.05) is 36.4 Å². The van der Waals surface area contributed by atoms with Gasteiger partial charge in [-0.15, -0.1) is 0 Å². The van der Waals surface area contributed by atoms with Crippen LogP contribution in [-0.4, -0.2) is 41.9 Å². The van der Waals surface area contributed by atoms with Crippen molar-refractivity contribution in [3.8, 4) is 0 Å². The zero-order chi connectivity index (χ0) is 20.3. The third-order valence-corrected chi connectivity index (χ3v) is 8.23. The molecule has 1 amide bonds. The minimum absolute atomic E-state index is 0.110. The first-order chi connectivity index (χ1) is 14.6. The standard InChI is InChI=1S/C26H29FN2O/c27-21-7-5-20(6-8-21)23-22-4-2-1-3-19(22)9-14-29(23)24(30)26(10-11-26)17-25-12-15-28(18-25)16-13-25/h1-8,23H,9-18H2/t23-/m0/s1. The van der Waals surface area contributed by atoms with Gasteiger partial charge in [-0.05, 0) is 85.9 Å². The van der Waals surface area contributed by atoms with E-state index in [0.29, 0.717) is 11.3 Å². The van der Waals surface area contributed by atoms with E-state index in [1.54, 1.807) is 0 Å². The van der Waals surface area contributed by atoms with Crippen molar-refractivity contribution in [3.63, 3.8) is 0 Å². The Kier molecular flexibility index (Phi) is 4.11. The van der Waals surface area contributed by atoms with Crippen LogP contribution in [0, 0.1) is 16.6 Å². The molecule has 4 aliphatic rings. The van der Waals surface area contributed by atoms with Crippen LogP contribution in [0.5, 0.6) is 0 Å². The first-order valence-electron chi connectivity index (χ1n) is 11.4. The molecule has 0 radical (unpaired) electrons. The number of carbonyl (C=O) groups excluding carboxylic acids is 1. The molecule has 0 N–H and O–H groups in total. The van der Waals surface area contributed by atoms with Crippen LogP contribution in [0.2, 0.25) is 0 Å². The third kappa shape index (κ3) is 2.91. The lowest BCUT2D eigenvalue weighted by molar-refractivity contribution is -0.140. The number of carbonyl (C=O) groups is 1. The van der Waals surface area contributed by atoms with E-state index in [9.17, 15) is 9.18 Å². The van der Waals surface area contributed by atoms with Gasteiger partial charge in [0.05, 0.1) is 11.5 Å². The molecule has 2 aromatic carbocycles. The number of amides is 1. The van der Waals surface area contributed by atoms with Crippen molar-refractivity contribution in [3.05, 3.63) is 71.0 Å². The molecule has 0 aromatic heterocycles. The number of halogens is 1. The lowest BCUT2D eigenvalue weighted by atomic mass is 9.74. The van der Waals surface area contributed by atoms with E-state index in [1.807, 2.05) is 12.1 Å². The molecular weight excluding hydrogens is 375 g/mol. The highest BCUT2D eigenvalue weighted by molar-refractivity contribution is 5.86. The summed E-state index contributed by atoms with van der Waals surface area (Å²) in [6, 6.07) is 15.1. The van der Waals surface area contributed by atoms with Gasteiger partial charge < -0.3 is 9.80 Å². The average molecular weight is 405 g/mol. The minimum Gasteiger partial charge on any atom is -0.331 e. The molecule has 4 heteroatoms. The number of benzene rings is 2.